The lowest BCUT2D eigenvalue weighted by Crippen LogP contribution is -2.45. The van der Waals surface area contributed by atoms with Gasteiger partial charge in [-0.1, -0.05) is 18.6 Å². The summed E-state index contributed by atoms with van der Waals surface area (Å²) in [7, 11) is 0. The Morgan fingerprint density at radius 1 is 1.07 bits per heavy atom. The highest BCUT2D eigenvalue weighted by Gasteiger charge is 2.37. The van der Waals surface area contributed by atoms with E-state index in [1.165, 1.54) is 0 Å². The molecule has 0 aliphatic carbocycles. The molecule has 0 unspecified atom stereocenters. The smallest absolute Gasteiger partial charge is 0.257 e. The molecule has 0 atom stereocenters. The number of carbonyl (C=O) groups is 1. The fourth-order valence-corrected chi connectivity index (χ4v) is 4.37. The number of nitrogens with zero attached hydrogens (tertiary/aromatic N) is 2. The number of carbonyl (C=O) groups excluding carboxylic acids is 1. The molecule has 160 valence electrons. The Bertz CT molecular complexity index is 819. The van der Waals surface area contributed by atoms with Crippen molar-refractivity contribution in [3.05, 3.63) is 54.4 Å². The Kier molecular flexibility index (Phi) is 6.84. The molecule has 5 rings (SSSR count). The van der Waals surface area contributed by atoms with Crippen molar-refractivity contribution in [1.82, 2.24) is 15.2 Å². The maximum absolute atomic E-state index is 13.2. The quantitative estimate of drug-likeness (QED) is 0.840. The summed E-state index contributed by atoms with van der Waals surface area (Å²) in [6.07, 6.45) is 8.83. The third-order valence-electron chi connectivity index (χ3n) is 6.26. The van der Waals surface area contributed by atoms with Gasteiger partial charge >= 0.3 is 0 Å². The van der Waals surface area contributed by atoms with Gasteiger partial charge in [0.05, 0.1) is 18.4 Å². The van der Waals surface area contributed by atoms with Crippen LogP contribution < -0.4 is 14.8 Å². The van der Waals surface area contributed by atoms with E-state index in [4.69, 9.17) is 9.47 Å². The van der Waals surface area contributed by atoms with Crippen LogP contribution in [0.3, 0.4) is 0 Å². The maximum atomic E-state index is 13.2. The number of pyridine rings is 1. The molecule has 1 fully saturated rings. The second-order valence-electron chi connectivity index (χ2n) is 8.32. The first-order valence-electron chi connectivity index (χ1n) is 11.0. The average Bonchev–Trinajstić information content (AvgIpc) is 2.81. The molecule has 0 saturated carbocycles. The van der Waals surface area contributed by atoms with Crippen LogP contribution in [-0.2, 0) is 0 Å². The van der Waals surface area contributed by atoms with E-state index in [-0.39, 0.29) is 11.3 Å². The van der Waals surface area contributed by atoms with Crippen molar-refractivity contribution in [2.75, 3.05) is 39.4 Å². The summed E-state index contributed by atoms with van der Waals surface area (Å²) < 4.78 is 12.0. The minimum Gasteiger partial charge on any atom is -0.491 e. The van der Waals surface area contributed by atoms with Crippen LogP contribution in [0, 0.1) is 5.41 Å². The second-order valence-corrected chi connectivity index (χ2v) is 8.32. The van der Waals surface area contributed by atoms with Gasteiger partial charge in [-0.25, -0.2) is 0 Å². The molecule has 2 bridgehead atoms. The van der Waals surface area contributed by atoms with Crippen LogP contribution in [0.25, 0.3) is 0 Å². The van der Waals surface area contributed by atoms with E-state index in [2.05, 4.69) is 10.3 Å². The Labute approximate surface area is 178 Å². The molecule has 0 radical (unpaired) electrons. The highest BCUT2D eigenvalue weighted by molar-refractivity contribution is 5.97. The lowest BCUT2D eigenvalue weighted by atomic mass is 9.75. The Balaban J connectivity index is 1.49. The number of piperidine rings is 1. The first kappa shape index (κ1) is 20.7. The van der Waals surface area contributed by atoms with Crippen molar-refractivity contribution in [1.29, 1.82) is 0 Å². The fourth-order valence-electron chi connectivity index (χ4n) is 4.37. The maximum Gasteiger partial charge on any atom is 0.257 e. The lowest BCUT2D eigenvalue weighted by Gasteiger charge is -2.42. The summed E-state index contributed by atoms with van der Waals surface area (Å²) in [6.45, 7) is 4.50. The van der Waals surface area contributed by atoms with Gasteiger partial charge in [0.25, 0.3) is 5.91 Å². The van der Waals surface area contributed by atoms with Crippen LogP contribution >= 0.6 is 0 Å². The minimum absolute atomic E-state index is 0.0650. The van der Waals surface area contributed by atoms with E-state index in [9.17, 15) is 4.79 Å². The second kappa shape index (κ2) is 9.94. The average molecular weight is 410 g/mol. The lowest BCUT2D eigenvalue weighted by molar-refractivity contribution is 0.0361. The molecule has 1 aromatic carbocycles. The normalized spacial score (nSPS) is 19.9. The van der Waals surface area contributed by atoms with Gasteiger partial charge in [-0.2, -0.15) is 0 Å². The van der Waals surface area contributed by atoms with E-state index in [0.29, 0.717) is 24.5 Å². The van der Waals surface area contributed by atoms with Crippen LogP contribution in [0.2, 0.25) is 0 Å². The predicted molar refractivity (Wildman–Crippen MR) is 116 cm³/mol. The SMILES string of the molecule is O=C1c2ccccc2OCCNCCCCC2(COc3cccnc3)CCN1CC2. The van der Waals surface area contributed by atoms with Gasteiger partial charge in [-0.3, -0.25) is 9.78 Å². The van der Waals surface area contributed by atoms with Gasteiger partial charge in [0.2, 0.25) is 0 Å². The van der Waals surface area contributed by atoms with Crippen molar-refractivity contribution in [3.8, 4) is 11.5 Å². The van der Waals surface area contributed by atoms with Crippen molar-refractivity contribution >= 4 is 5.91 Å². The van der Waals surface area contributed by atoms with E-state index in [1.807, 2.05) is 41.3 Å². The van der Waals surface area contributed by atoms with Crippen LogP contribution in [0.1, 0.15) is 42.5 Å². The molecule has 3 aliphatic rings. The number of hydrogen-bond acceptors (Lipinski definition) is 5. The Morgan fingerprint density at radius 3 is 2.77 bits per heavy atom. The number of benzene rings is 1. The first-order valence-corrected chi connectivity index (χ1v) is 11.0. The van der Waals surface area contributed by atoms with E-state index in [1.54, 1.807) is 12.4 Å². The molecule has 4 heterocycles. The molecule has 1 aromatic heterocycles. The summed E-state index contributed by atoms with van der Waals surface area (Å²) in [6, 6.07) is 11.4. The zero-order valence-corrected chi connectivity index (χ0v) is 17.5. The van der Waals surface area contributed by atoms with Crippen molar-refractivity contribution in [2.45, 2.75) is 32.1 Å². The molecule has 2 aromatic rings. The standard InChI is InChI=1S/C24H31N3O3/c28-23-21-7-1-2-8-22(21)29-17-14-25-12-4-3-9-24(10-15-27(23)16-11-24)19-30-20-6-5-13-26-18-20/h1-2,5-8,13,18,25H,3-4,9-12,14-17,19H2. The number of hydrogen-bond donors (Lipinski definition) is 1. The number of rotatable bonds is 3. The van der Waals surface area contributed by atoms with Gasteiger partial charge in [0.1, 0.15) is 18.1 Å². The third-order valence-corrected chi connectivity index (χ3v) is 6.26. The zero-order valence-electron chi connectivity index (χ0n) is 17.5. The molecule has 1 saturated heterocycles. The van der Waals surface area contributed by atoms with Gasteiger partial charge in [0.15, 0.2) is 0 Å². The van der Waals surface area contributed by atoms with Crippen LogP contribution in [0.5, 0.6) is 11.5 Å². The molecule has 6 nitrogen and oxygen atoms in total. The number of aromatic nitrogens is 1. The van der Waals surface area contributed by atoms with Gasteiger partial charge in [-0.15, -0.1) is 0 Å². The summed E-state index contributed by atoms with van der Waals surface area (Å²) >= 11 is 0. The third kappa shape index (κ3) is 5.11. The summed E-state index contributed by atoms with van der Waals surface area (Å²) in [5.41, 5.74) is 0.759. The Morgan fingerprint density at radius 2 is 1.93 bits per heavy atom. The van der Waals surface area contributed by atoms with Gasteiger partial charge in [0, 0.05) is 31.2 Å². The molecule has 1 N–H and O–H groups in total. The van der Waals surface area contributed by atoms with Crippen LogP contribution in [-0.4, -0.2) is 55.2 Å². The molecule has 30 heavy (non-hydrogen) atoms. The topological polar surface area (TPSA) is 63.7 Å². The first-order chi connectivity index (χ1) is 14.8. The largest absolute Gasteiger partial charge is 0.491 e. The van der Waals surface area contributed by atoms with Crippen molar-refractivity contribution < 1.29 is 14.3 Å². The van der Waals surface area contributed by atoms with Crippen molar-refractivity contribution in [2.24, 2.45) is 5.41 Å². The number of ether oxygens (including phenoxy) is 2. The van der Waals surface area contributed by atoms with E-state index < -0.39 is 0 Å². The minimum atomic E-state index is 0.0650. The number of amides is 1. The summed E-state index contributed by atoms with van der Waals surface area (Å²) in [5, 5.41) is 3.45. The Hall–Kier alpha value is -2.60. The molecule has 1 amide bonds. The number of fused-ring (bicyclic) bond motifs is 9. The van der Waals surface area contributed by atoms with Gasteiger partial charge < -0.3 is 19.7 Å². The summed E-state index contributed by atoms with van der Waals surface area (Å²) in [4.78, 5) is 19.3. The predicted octanol–water partition coefficient (Wildman–Crippen LogP) is 3.54. The van der Waals surface area contributed by atoms with Crippen LogP contribution in [0.15, 0.2) is 48.8 Å². The molecular weight excluding hydrogens is 378 g/mol. The van der Waals surface area contributed by atoms with Crippen molar-refractivity contribution in [3.63, 3.8) is 0 Å². The fraction of sp³-hybridized carbons (Fsp3) is 0.500. The number of para-hydroxylation sites is 1. The molecule has 6 heteroatoms. The van der Waals surface area contributed by atoms with E-state index >= 15 is 0 Å². The highest BCUT2D eigenvalue weighted by Crippen LogP contribution is 2.38. The molecule has 0 spiro atoms. The monoisotopic (exact) mass is 409 g/mol. The summed E-state index contributed by atoms with van der Waals surface area (Å²) in [5.74, 6) is 1.56. The highest BCUT2D eigenvalue weighted by atomic mass is 16.5. The van der Waals surface area contributed by atoms with Crippen LogP contribution in [0.4, 0.5) is 0 Å². The van der Waals surface area contributed by atoms with E-state index in [0.717, 1.165) is 64.0 Å². The molecule has 3 aliphatic heterocycles. The zero-order chi connectivity index (χ0) is 20.7. The molecular formula is C24H31N3O3. The number of nitrogens with one attached hydrogen (secondary N) is 1. The van der Waals surface area contributed by atoms with Gasteiger partial charge in [-0.05, 0) is 56.5 Å².